The van der Waals surface area contributed by atoms with Crippen LogP contribution in [0, 0.1) is 10.6 Å². The van der Waals surface area contributed by atoms with Crippen molar-refractivity contribution in [2.45, 2.75) is 25.2 Å². The smallest absolute Gasteiger partial charge is 0.170 e. The fourth-order valence-corrected chi connectivity index (χ4v) is 4.47. The lowest BCUT2D eigenvalue weighted by Gasteiger charge is -2.42. The minimum atomic E-state index is -0.103. The lowest BCUT2D eigenvalue weighted by molar-refractivity contribution is -0.856. The van der Waals surface area contributed by atoms with Crippen LogP contribution in [0.1, 0.15) is 40.2 Å². The van der Waals surface area contributed by atoms with Gasteiger partial charge in [-0.2, -0.15) is 0 Å². The van der Waals surface area contributed by atoms with Gasteiger partial charge in [0, 0.05) is 18.4 Å². The maximum absolute atomic E-state index is 13.3. The van der Waals surface area contributed by atoms with Crippen molar-refractivity contribution >= 4 is 5.78 Å². The average molecular weight is 307 g/mol. The van der Waals surface area contributed by atoms with Crippen molar-refractivity contribution < 1.29 is 9.86 Å². The number of hydroxylamine groups is 2. The molecule has 0 amide bonds. The third-order valence-electron chi connectivity index (χ3n) is 5.64. The first-order valence-corrected chi connectivity index (χ1v) is 8.38. The van der Waals surface area contributed by atoms with Crippen LogP contribution in [0.15, 0.2) is 54.6 Å². The van der Waals surface area contributed by atoms with Gasteiger partial charge >= 0.3 is 0 Å². The zero-order valence-corrected chi connectivity index (χ0v) is 13.1. The number of ketones is 1. The van der Waals surface area contributed by atoms with E-state index in [1.165, 1.54) is 11.1 Å². The molecule has 1 unspecified atom stereocenters. The van der Waals surface area contributed by atoms with Gasteiger partial charge in [-0.1, -0.05) is 54.6 Å². The van der Waals surface area contributed by atoms with Crippen LogP contribution < -0.4 is 5.06 Å². The predicted molar refractivity (Wildman–Crippen MR) is 89.4 cm³/mol. The molecule has 3 heteroatoms. The van der Waals surface area contributed by atoms with E-state index in [4.69, 9.17) is 0 Å². The van der Waals surface area contributed by atoms with Crippen molar-refractivity contribution in [1.82, 2.24) is 0 Å². The van der Waals surface area contributed by atoms with Gasteiger partial charge in [0.2, 0.25) is 0 Å². The molecule has 23 heavy (non-hydrogen) atoms. The van der Waals surface area contributed by atoms with E-state index >= 15 is 0 Å². The lowest BCUT2D eigenvalue weighted by atomic mass is 9.67. The van der Waals surface area contributed by atoms with Crippen LogP contribution in [0.25, 0.3) is 0 Å². The Morgan fingerprint density at radius 1 is 1.00 bits per heavy atom. The summed E-state index contributed by atoms with van der Waals surface area (Å²) in [7, 11) is 0. The summed E-state index contributed by atoms with van der Waals surface area (Å²) >= 11 is 0. The fraction of sp³-hybridized carbons (Fsp3) is 0.350. The van der Waals surface area contributed by atoms with Crippen LogP contribution in [0.3, 0.4) is 0 Å². The van der Waals surface area contributed by atoms with Gasteiger partial charge in [0.1, 0.15) is 0 Å². The van der Waals surface area contributed by atoms with E-state index in [9.17, 15) is 10.0 Å². The number of hydrogen-bond acceptors (Lipinski definition) is 2. The third kappa shape index (κ3) is 2.41. The first-order valence-electron chi connectivity index (χ1n) is 8.38. The Labute approximate surface area is 136 Å². The molecular weight excluding hydrogens is 286 g/mol. The van der Waals surface area contributed by atoms with Gasteiger partial charge in [-0.3, -0.25) is 4.79 Å². The molecule has 1 aliphatic heterocycles. The average Bonchev–Trinajstić information content (AvgIpc) is 2.91. The lowest BCUT2D eigenvalue weighted by Crippen LogP contribution is -3.08. The minimum absolute atomic E-state index is 0.0650. The Bertz CT molecular complexity index is 717. The van der Waals surface area contributed by atoms with Crippen molar-refractivity contribution in [2.75, 3.05) is 13.1 Å². The summed E-state index contributed by atoms with van der Waals surface area (Å²) in [6.07, 6.45) is 2.60. The number of fused-ring (bicyclic) bond motifs is 1. The first-order chi connectivity index (χ1) is 11.2. The summed E-state index contributed by atoms with van der Waals surface area (Å²) in [5.74, 6) is 0.110. The van der Waals surface area contributed by atoms with Crippen LogP contribution in [0.2, 0.25) is 0 Å². The van der Waals surface area contributed by atoms with Gasteiger partial charge in [0.15, 0.2) is 5.78 Å². The number of quaternary nitrogens is 1. The predicted octanol–water partition coefficient (Wildman–Crippen LogP) is 2.37. The molecule has 1 fully saturated rings. The molecule has 0 bridgehead atoms. The molecule has 1 spiro atoms. The summed E-state index contributed by atoms with van der Waals surface area (Å²) < 4.78 is 0. The van der Waals surface area contributed by atoms with Crippen molar-refractivity contribution in [3.63, 3.8) is 0 Å². The quantitative estimate of drug-likeness (QED) is 0.684. The summed E-state index contributed by atoms with van der Waals surface area (Å²) in [4.78, 5) is 13.3. The SMILES string of the molecule is O=C(c1ccccc1)C1c2ccccc2CC12CC[NH+]([O-])CC2. The van der Waals surface area contributed by atoms with Gasteiger partial charge in [0.25, 0.3) is 0 Å². The molecule has 1 heterocycles. The van der Waals surface area contributed by atoms with Crippen LogP contribution >= 0.6 is 0 Å². The summed E-state index contributed by atoms with van der Waals surface area (Å²) in [5, 5.41) is 12.1. The molecule has 1 saturated heterocycles. The summed E-state index contributed by atoms with van der Waals surface area (Å²) in [6.45, 7) is 1.24. The Hall–Kier alpha value is -1.97. The number of carbonyl (C=O) groups is 1. The zero-order valence-electron chi connectivity index (χ0n) is 13.1. The first kappa shape index (κ1) is 14.6. The monoisotopic (exact) mass is 307 g/mol. The maximum Gasteiger partial charge on any atom is 0.170 e. The van der Waals surface area contributed by atoms with Gasteiger partial charge in [-0.05, 0) is 23.0 Å². The summed E-state index contributed by atoms with van der Waals surface area (Å²) in [5.41, 5.74) is 3.18. The number of rotatable bonds is 2. The third-order valence-corrected chi connectivity index (χ3v) is 5.64. The van der Waals surface area contributed by atoms with Crippen LogP contribution in [0.4, 0.5) is 0 Å². The van der Waals surface area contributed by atoms with E-state index < -0.39 is 0 Å². The normalized spacial score (nSPS) is 29.4. The van der Waals surface area contributed by atoms with Gasteiger partial charge in [0.05, 0.1) is 19.0 Å². The largest absolute Gasteiger partial charge is 0.634 e. The van der Waals surface area contributed by atoms with E-state index in [-0.39, 0.29) is 17.1 Å². The Kier molecular flexibility index (Phi) is 3.55. The van der Waals surface area contributed by atoms with Crippen molar-refractivity contribution in [3.8, 4) is 0 Å². The molecule has 4 rings (SSSR count). The molecule has 1 atom stereocenters. The second-order valence-electron chi connectivity index (χ2n) is 6.94. The molecule has 0 aromatic heterocycles. The number of benzene rings is 2. The van der Waals surface area contributed by atoms with Crippen molar-refractivity contribution in [3.05, 3.63) is 76.5 Å². The molecule has 2 aliphatic rings. The van der Waals surface area contributed by atoms with Crippen molar-refractivity contribution in [2.24, 2.45) is 5.41 Å². The van der Waals surface area contributed by atoms with Gasteiger partial charge in [-0.25, -0.2) is 0 Å². The van der Waals surface area contributed by atoms with Gasteiger partial charge in [-0.15, -0.1) is 0 Å². The van der Waals surface area contributed by atoms with E-state index in [1.54, 1.807) is 0 Å². The molecule has 2 aromatic carbocycles. The van der Waals surface area contributed by atoms with E-state index in [2.05, 4.69) is 18.2 Å². The minimum Gasteiger partial charge on any atom is -0.634 e. The number of piperidine rings is 1. The number of hydrogen-bond donors (Lipinski definition) is 1. The highest BCUT2D eigenvalue weighted by Gasteiger charge is 2.51. The Morgan fingerprint density at radius 3 is 2.39 bits per heavy atom. The molecular formula is C20H21NO2. The number of nitrogens with one attached hydrogen (secondary N) is 1. The number of Topliss-reactive ketones (excluding diaryl/α,β-unsaturated/α-hetero) is 1. The molecule has 0 saturated carbocycles. The van der Waals surface area contributed by atoms with Crippen molar-refractivity contribution in [1.29, 1.82) is 0 Å². The van der Waals surface area contributed by atoms with E-state index in [0.29, 0.717) is 18.2 Å². The molecule has 0 radical (unpaired) electrons. The second-order valence-corrected chi connectivity index (χ2v) is 6.94. The summed E-state index contributed by atoms with van der Waals surface area (Å²) in [6, 6.07) is 17.9. The highest BCUT2D eigenvalue weighted by atomic mass is 16.5. The molecule has 118 valence electrons. The number of carbonyl (C=O) groups excluding carboxylic acids is 1. The van der Waals surface area contributed by atoms with Crippen LogP contribution in [0.5, 0.6) is 0 Å². The molecule has 1 N–H and O–H groups in total. The zero-order chi connectivity index (χ0) is 15.9. The van der Waals surface area contributed by atoms with E-state index in [0.717, 1.165) is 24.8 Å². The van der Waals surface area contributed by atoms with Crippen LogP contribution in [-0.4, -0.2) is 18.9 Å². The standard InChI is InChI=1S/C20H21NO2/c22-19(15-6-2-1-3-7-15)18-17-9-5-4-8-16(17)14-20(18)10-12-21(23)13-11-20/h1-9,18,21H,10-14H2. The Morgan fingerprint density at radius 2 is 1.65 bits per heavy atom. The highest BCUT2D eigenvalue weighted by Crippen LogP contribution is 2.53. The fourth-order valence-electron chi connectivity index (χ4n) is 4.47. The molecule has 2 aromatic rings. The Balaban J connectivity index is 1.77. The molecule has 1 aliphatic carbocycles. The molecule has 3 nitrogen and oxygen atoms in total. The topological polar surface area (TPSA) is 44.6 Å². The highest BCUT2D eigenvalue weighted by molar-refractivity contribution is 6.02. The maximum atomic E-state index is 13.3. The van der Waals surface area contributed by atoms with Crippen LogP contribution in [-0.2, 0) is 6.42 Å². The van der Waals surface area contributed by atoms with Gasteiger partial charge < -0.3 is 10.3 Å². The van der Waals surface area contributed by atoms with E-state index in [1.807, 2.05) is 36.4 Å². The second kappa shape index (κ2) is 5.59.